The van der Waals surface area contributed by atoms with Crippen molar-refractivity contribution in [3.05, 3.63) is 60.5 Å². The molecule has 0 spiro atoms. The van der Waals surface area contributed by atoms with Crippen LogP contribution in [0.5, 0.6) is 0 Å². The Morgan fingerprint density at radius 3 is 2.74 bits per heavy atom. The number of halogens is 1. The van der Waals surface area contributed by atoms with Crippen LogP contribution in [0.25, 0.3) is 11.0 Å². The highest BCUT2D eigenvalue weighted by Crippen LogP contribution is 2.11. The van der Waals surface area contributed by atoms with E-state index in [0.717, 1.165) is 26.1 Å². The molecule has 3 rings (SSSR count). The van der Waals surface area contributed by atoms with E-state index >= 15 is 0 Å². The van der Waals surface area contributed by atoms with Crippen molar-refractivity contribution >= 4 is 38.5 Å². The van der Waals surface area contributed by atoms with E-state index in [1.165, 1.54) is 0 Å². The molecule has 0 saturated carbocycles. The van der Waals surface area contributed by atoms with Gasteiger partial charge in [0.1, 0.15) is 0 Å². The molecule has 0 unspecified atom stereocenters. The van der Waals surface area contributed by atoms with E-state index in [9.17, 15) is 9.59 Å². The Hall–Kier alpha value is -1.73. The number of benzene rings is 1. The number of aromatic nitrogens is 3. The van der Waals surface area contributed by atoms with Crippen LogP contribution in [0.15, 0.2) is 43.7 Å². The normalized spacial score (nSPS) is 11.0. The van der Waals surface area contributed by atoms with Gasteiger partial charge in [-0.25, -0.2) is 4.79 Å². The predicted molar refractivity (Wildman–Crippen MR) is 77.7 cm³/mol. The Kier molecular flexibility index (Phi) is 3.08. The number of nitrogens with zero attached hydrogens (tertiary/aromatic N) is 2. The summed E-state index contributed by atoms with van der Waals surface area (Å²) >= 11 is 4.50. The zero-order valence-electron chi connectivity index (χ0n) is 9.59. The van der Waals surface area contributed by atoms with Crippen molar-refractivity contribution < 1.29 is 0 Å². The fourth-order valence-corrected chi connectivity index (χ4v) is 2.67. The molecule has 19 heavy (non-hydrogen) atoms. The first-order valence-electron chi connectivity index (χ1n) is 5.47. The van der Waals surface area contributed by atoms with Crippen molar-refractivity contribution in [3.8, 4) is 0 Å². The summed E-state index contributed by atoms with van der Waals surface area (Å²) in [5.74, 6) is 0. The molecule has 0 atom stereocenters. The van der Waals surface area contributed by atoms with Crippen molar-refractivity contribution in [3.63, 3.8) is 0 Å². The maximum atomic E-state index is 12.2. The molecular weight excluding hydrogens is 330 g/mol. The van der Waals surface area contributed by atoms with E-state index in [-0.39, 0.29) is 12.1 Å². The molecule has 2 heterocycles. The van der Waals surface area contributed by atoms with Gasteiger partial charge in [0.25, 0.3) is 5.56 Å². The van der Waals surface area contributed by atoms with Crippen LogP contribution in [0.2, 0.25) is 0 Å². The number of rotatable bonds is 2. The van der Waals surface area contributed by atoms with Gasteiger partial charge < -0.3 is 4.98 Å². The third-order valence-electron chi connectivity index (χ3n) is 2.76. The van der Waals surface area contributed by atoms with Crippen LogP contribution in [0.3, 0.4) is 0 Å². The molecule has 0 aliphatic rings. The third-order valence-corrected chi connectivity index (χ3v) is 3.92. The average Bonchev–Trinajstić information content (AvgIpc) is 2.85. The largest absolute Gasteiger partial charge is 0.329 e. The molecule has 2 aromatic heterocycles. The summed E-state index contributed by atoms with van der Waals surface area (Å²) in [7, 11) is 0. The fraction of sp³-hybridized carbons (Fsp3) is 0.0833. The van der Waals surface area contributed by atoms with E-state index in [0.29, 0.717) is 11.0 Å². The lowest BCUT2D eigenvalue weighted by Gasteiger charge is -2.04. The first-order chi connectivity index (χ1) is 9.15. The summed E-state index contributed by atoms with van der Waals surface area (Å²) in [4.78, 5) is 26.7. The highest BCUT2D eigenvalue weighted by atomic mass is 79.9. The topological polar surface area (TPSA) is 67.8 Å². The highest BCUT2D eigenvalue weighted by Gasteiger charge is 2.09. The number of nitrogens with one attached hydrogen (secondary N) is 1. The van der Waals surface area contributed by atoms with Crippen LogP contribution in [-0.4, -0.2) is 13.9 Å². The molecule has 0 fully saturated rings. The van der Waals surface area contributed by atoms with Crippen molar-refractivity contribution in [2.45, 2.75) is 6.54 Å². The monoisotopic (exact) mass is 337 g/mol. The smallest absolute Gasteiger partial charge is 0.304 e. The molecule has 0 aliphatic carbocycles. The van der Waals surface area contributed by atoms with E-state index < -0.39 is 5.69 Å². The first kappa shape index (κ1) is 12.3. The Balaban J connectivity index is 2.12. The minimum atomic E-state index is -0.416. The summed E-state index contributed by atoms with van der Waals surface area (Å²) in [6.07, 6.45) is 0. The van der Waals surface area contributed by atoms with Crippen LogP contribution in [0.1, 0.15) is 5.56 Å². The van der Waals surface area contributed by atoms with Crippen LogP contribution in [-0.2, 0) is 6.54 Å². The Bertz CT molecular complexity index is 848. The first-order valence-corrected chi connectivity index (χ1v) is 7.10. The SMILES string of the molecule is O=c1[nH]c2csnc2c(=O)n1Cc1ccc(Br)cc1. The highest BCUT2D eigenvalue weighted by molar-refractivity contribution is 9.10. The second kappa shape index (κ2) is 4.75. The molecular formula is C12H8BrN3O2S. The molecule has 0 amide bonds. The zero-order chi connectivity index (χ0) is 13.4. The lowest BCUT2D eigenvalue weighted by molar-refractivity contribution is 0.710. The zero-order valence-corrected chi connectivity index (χ0v) is 12.0. The van der Waals surface area contributed by atoms with Crippen LogP contribution >= 0.6 is 27.5 Å². The molecule has 0 bridgehead atoms. The number of hydrogen-bond donors (Lipinski definition) is 1. The molecule has 1 aromatic carbocycles. The van der Waals surface area contributed by atoms with E-state index in [1.807, 2.05) is 24.3 Å². The van der Waals surface area contributed by atoms with Crippen LogP contribution < -0.4 is 11.2 Å². The molecule has 1 N–H and O–H groups in total. The maximum Gasteiger partial charge on any atom is 0.329 e. The van der Waals surface area contributed by atoms with Gasteiger partial charge in [-0.1, -0.05) is 28.1 Å². The van der Waals surface area contributed by atoms with Gasteiger partial charge in [-0.15, -0.1) is 0 Å². The summed E-state index contributed by atoms with van der Waals surface area (Å²) in [5.41, 5.74) is 0.905. The Labute approximate surface area is 119 Å². The van der Waals surface area contributed by atoms with Crippen molar-refractivity contribution in [1.29, 1.82) is 0 Å². The lowest BCUT2D eigenvalue weighted by Crippen LogP contribution is -2.35. The van der Waals surface area contributed by atoms with Crippen molar-refractivity contribution in [2.75, 3.05) is 0 Å². The number of fused-ring (bicyclic) bond motifs is 1. The predicted octanol–water partition coefficient (Wildman–Crippen LogP) is 1.96. The average molecular weight is 338 g/mol. The van der Waals surface area contributed by atoms with Crippen molar-refractivity contribution in [1.82, 2.24) is 13.9 Å². The van der Waals surface area contributed by atoms with Gasteiger partial charge in [-0.2, -0.15) is 4.37 Å². The Morgan fingerprint density at radius 2 is 2.00 bits per heavy atom. The van der Waals surface area contributed by atoms with E-state index in [1.54, 1.807) is 5.38 Å². The minimum absolute atomic E-state index is 0.231. The Morgan fingerprint density at radius 1 is 1.26 bits per heavy atom. The number of aromatic amines is 1. The summed E-state index contributed by atoms with van der Waals surface area (Å²) in [5, 5.41) is 1.65. The number of H-pyrrole nitrogens is 1. The third kappa shape index (κ3) is 2.26. The summed E-state index contributed by atoms with van der Waals surface area (Å²) in [6.45, 7) is 0.231. The second-order valence-electron chi connectivity index (χ2n) is 4.02. The van der Waals surface area contributed by atoms with Gasteiger partial charge >= 0.3 is 5.69 Å². The molecule has 0 saturated heterocycles. The van der Waals surface area contributed by atoms with Gasteiger partial charge in [-0.3, -0.25) is 9.36 Å². The molecule has 96 valence electrons. The van der Waals surface area contributed by atoms with Gasteiger partial charge in [0, 0.05) is 9.85 Å². The number of hydrogen-bond acceptors (Lipinski definition) is 4. The standard InChI is InChI=1S/C12H8BrN3O2S/c13-8-3-1-7(2-4-8)5-16-11(17)10-9(6-19-15-10)14-12(16)18/h1-4,6H,5H2,(H,14,18). The summed E-state index contributed by atoms with van der Waals surface area (Å²) in [6, 6.07) is 7.47. The van der Waals surface area contributed by atoms with Crippen molar-refractivity contribution in [2.24, 2.45) is 0 Å². The molecule has 0 aliphatic heterocycles. The molecule has 0 radical (unpaired) electrons. The van der Waals surface area contributed by atoms with Gasteiger partial charge in [0.2, 0.25) is 0 Å². The van der Waals surface area contributed by atoms with Gasteiger partial charge in [0.15, 0.2) is 5.52 Å². The van der Waals surface area contributed by atoms with Gasteiger partial charge in [0.05, 0.1) is 12.1 Å². The maximum absolute atomic E-state index is 12.2. The van der Waals surface area contributed by atoms with E-state index in [4.69, 9.17) is 0 Å². The van der Waals surface area contributed by atoms with Gasteiger partial charge in [-0.05, 0) is 29.2 Å². The quantitative estimate of drug-likeness (QED) is 0.777. The summed E-state index contributed by atoms with van der Waals surface area (Å²) < 4.78 is 6.12. The second-order valence-corrected chi connectivity index (χ2v) is 5.57. The lowest BCUT2D eigenvalue weighted by atomic mass is 10.2. The van der Waals surface area contributed by atoms with Crippen LogP contribution in [0, 0.1) is 0 Å². The fourth-order valence-electron chi connectivity index (χ4n) is 1.80. The van der Waals surface area contributed by atoms with Crippen LogP contribution in [0.4, 0.5) is 0 Å². The molecule has 5 nitrogen and oxygen atoms in total. The molecule has 7 heteroatoms. The minimum Gasteiger partial charge on any atom is -0.304 e. The van der Waals surface area contributed by atoms with E-state index in [2.05, 4.69) is 25.3 Å². The molecule has 3 aromatic rings.